The van der Waals surface area contributed by atoms with Crippen molar-refractivity contribution in [1.82, 2.24) is 0 Å². The summed E-state index contributed by atoms with van der Waals surface area (Å²) in [6.07, 6.45) is 13.5. The van der Waals surface area contributed by atoms with Gasteiger partial charge in [-0.05, 0) is 29.9 Å². The van der Waals surface area contributed by atoms with E-state index in [1.807, 2.05) is 0 Å². The van der Waals surface area contributed by atoms with Gasteiger partial charge in [0.25, 0.3) is 0 Å². The molecule has 20 heavy (non-hydrogen) atoms. The predicted octanol–water partition coefficient (Wildman–Crippen LogP) is 6.38. The normalized spacial score (nSPS) is 25.6. The Balaban J connectivity index is 2.15. The second-order valence-electron chi connectivity index (χ2n) is 5.72. The molecule has 0 spiro atoms. The van der Waals surface area contributed by atoms with Crippen LogP contribution in [-0.4, -0.2) is 4.32 Å². The summed E-state index contributed by atoms with van der Waals surface area (Å²) in [5.41, 5.74) is 2.69. The van der Waals surface area contributed by atoms with Gasteiger partial charge in [-0.3, -0.25) is 0 Å². The van der Waals surface area contributed by atoms with Crippen molar-refractivity contribution >= 4 is 21.5 Å². The van der Waals surface area contributed by atoms with Crippen molar-refractivity contribution in [2.24, 2.45) is 5.92 Å². The summed E-state index contributed by atoms with van der Waals surface area (Å²) in [6, 6.07) is 10.7. The van der Waals surface area contributed by atoms with E-state index in [-0.39, 0.29) is 4.32 Å². The highest BCUT2D eigenvalue weighted by atomic mass is 79.9. The van der Waals surface area contributed by atoms with E-state index >= 15 is 0 Å². The molecule has 2 rings (SSSR count). The van der Waals surface area contributed by atoms with Crippen molar-refractivity contribution in [2.75, 3.05) is 0 Å². The van der Waals surface area contributed by atoms with Gasteiger partial charge < -0.3 is 0 Å². The van der Waals surface area contributed by atoms with Crippen LogP contribution < -0.4 is 0 Å². The topological polar surface area (TPSA) is 0 Å². The van der Waals surface area contributed by atoms with Gasteiger partial charge in [0.1, 0.15) is 0 Å². The second-order valence-corrected chi connectivity index (χ2v) is 7.20. The van der Waals surface area contributed by atoms with Crippen LogP contribution in [0.15, 0.2) is 48.6 Å². The standard InChI is InChI=1S/C19H25Br/c1-3-5-9-13-19(20)14-12-17(15-18(19)4-2)16-10-7-6-8-11-16/h6-8,10-12,14-15,18H,3-5,9,13H2,1-2H3. The van der Waals surface area contributed by atoms with Gasteiger partial charge in [0.15, 0.2) is 0 Å². The molecule has 0 fully saturated rings. The Bertz CT molecular complexity index is 472. The van der Waals surface area contributed by atoms with Crippen LogP contribution in [0.2, 0.25) is 0 Å². The van der Waals surface area contributed by atoms with E-state index < -0.39 is 0 Å². The zero-order chi connectivity index (χ0) is 14.4. The van der Waals surface area contributed by atoms with Gasteiger partial charge >= 0.3 is 0 Å². The molecule has 0 N–H and O–H groups in total. The number of unbranched alkanes of at least 4 members (excludes halogenated alkanes) is 2. The average molecular weight is 333 g/mol. The summed E-state index contributed by atoms with van der Waals surface area (Å²) in [5, 5.41) is 0. The summed E-state index contributed by atoms with van der Waals surface area (Å²) in [7, 11) is 0. The number of hydrogen-bond acceptors (Lipinski definition) is 0. The van der Waals surface area contributed by atoms with Gasteiger partial charge in [0.05, 0.1) is 4.32 Å². The van der Waals surface area contributed by atoms with E-state index in [4.69, 9.17) is 0 Å². The van der Waals surface area contributed by atoms with E-state index in [1.54, 1.807) is 0 Å². The lowest BCUT2D eigenvalue weighted by molar-refractivity contribution is 0.461. The van der Waals surface area contributed by atoms with Crippen LogP contribution >= 0.6 is 15.9 Å². The van der Waals surface area contributed by atoms with E-state index in [0.717, 1.165) is 0 Å². The highest BCUT2D eigenvalue weighted by molar-refractivity contribution is 9.10. The van der Waals surface area contributed by atoms with E-state index in [0.29, 0.717) is 5.92 Å². The molecular formula is C19H25Br. The molecular weight excluding hydrogens is 308 g/mol. The smallest absolute Gasteiger partial charge is 0.0502 e. The lowest BCUT2D eigenvalue weighted by Crippen LogP contribution is -2.29. The molecule has 0 aromatic heterocycles. The summed E-state index contributed by atoms with van der Waals surface area (Å²) in [5.74, 6) is 0.583. The number of halogens is 1. The van der Waals surface area contributed by atoms with E-state index in [1.165, 1.54) is 43.2 Å². The molecule has 1 aliphatic carbocycles. The maximum absolute atomic E-state index is 4.02. The zero-order valence-corrected chi connectivity index (χ0v) is 14.2. The quantitative estimate of drug-likeness (QED) is 0.418. The molecule has 2 unspecified atom stereocenters. The molecule has 0 saturated heterocycles. The van der Waals surface area contributed by atoms with Crippen LogP contribution in [0.1, 0.15) is 51.5 Å². The lowest BCUT2D eigenvalue weighted by Gasteiger charge is -2.34. The average Bonchev–Trinajstić information content (AvgIpc) is 2.49. The number of alkyl halides is 1. The first kappa shape index (κ1) is 15.6. The van der Waals surface area contributed by atoms with Crippen LogP contribution in [0, 0.1) is 5.92 Å². The number of hydrogen-bond donors (Lipinski definition) is 0. The van der Waals surface area contributed by atoms with Crippen LogP contribution in [0.25, 0.3) is 5.57 Å². The van der Waals surface area contributed by atoms with Gasteiger partial charge in [0, 0.05) is 0 Å². The highest BCUT2D eigenvalue weighted by Crippen LogP contribution is 2.42. The first-order valence-electron chi connectivity index (χ1n) is 7.85. The van der Waals surface area contributed by atoms with Gasteiger partial charge in [-0.25, -0.2) is 0 Å². The molecule has 0 bridgehead atoms. The van der Waals surface area contributed by atoms with Crippen LogP contribution in [0.4, 0.5) is 0 Å². The molecule has 2 atom stereocenters. The monoisotopic (exact) mass is 332 g/mol. The van der Waals surface area contributed by atoms with Gasteiger partial charge in [-0.15, -0.1) is 0 Å². The van der Waals surface area contributed by atoms with E-state index in [2.05, 4.69) is 78.3 Å². The lowest BCUT2D eigenvalue weighted by atomic mass is 9.79. The maximum Gasteiger partial charge on any atom is 0.0502 e. The van der Waals surface area contributed by atoms with Gasteiger partial charge in [0.2, 0.25) is 0 Å². The minimum atomic E-state index is 0.162. The van der Waals surface area contributed by atoms with Crippen molar-refractivity contribution in [3.8, 4) is 0 Å². The van der Waals surface area contributed by atoms with Crippen molar-refractivity contribution < 1.29 is 0 Å². The Morgan fingerprint density at radius 2 is 1.85 bits per heavy atom. The summed E-state index contributed by atoms with van der Waals surface area (Å²) < 4.78 is 0.162. The molecule has 0 radical (unpaired) electrons. The third kappa shape index (κ3) is 3.63. The Kier molecular flexibility index (Phi) is 5.65. The van der Waals surface area contributed by atoms with E-state index in [9.17, 15) is 0 Å². The SMILES string of the molecule is CCCCCC1(Br)C=CC(c2ccccc2)=CC1CC. The Labute approximate surface area is 132 Å². The zero-order valence-electron chi connectivity index (χ0n) is 12.6. The fourth-order valence-electron chi connectivity index (χ4n) is 2.96. The first-order valence-corrected chi connectivity index (χ1v) is 8.64. The molecule has 1 aromatic rings. The molecule has 0 aliphatic heterocycles. The van der Waals surface area contributed by atoms with Crippen LogP contribution in [0.3, 0.4) is 0 Å². The third-order valence-electron chi connectivity index (χ3n) is 4.25. The fourth-order valence-corrected chi connectivity index (χ4v) is 3.83. The summed E-state index contributed by atoms with van der Waals surface area (Å²) in [6.45, 7) is 4.56. The largest absolute Gasteiger partial charge is 0.0801 e. The van der Waals surface area contributed by atoms with Crippen molar-refractivity contribution in [1.29, 1.82) is 0 Å². The first-order chi connectivity index (χ1) is 9.69. The highest BCUT2D eigenvalue weighted by Gasteiger charge is 2.33. The Morgan fingerprint density at radius 3 is 2.50 bits per heavy atom. The molecule has 1 heteroatoms. The molecule has 108 valence electrons. The Morgan fingerprint density at radius 1 is 1.10 bits per heavy atom. The van der Waals surface area contributed by atoms with Crippen molar-refractivity contribution in [2.45, 2.75) is 50.3 Å². The maximum atomic E-state index is 4.02. The van der Waals surface area contributed by atoms with Crippen LogP contribution in [0.5, 0.6) is 0 Å². The second kappa shape index (κ2) is 7.26. The third-order valence-corrected chi connectivity index (χ3v) is 5.50. The molecule has 1 aromatic carbocycles. The molecule has 0 nitrogen and oxygen atoms in total. The fraction of sp³-hybridized carbons (Fsp3) is 0.474. The summed E-state index contributed by atoms with van der Waals surface area (Å²) >= 11 is 4.02. The molecule has 1 aliphatic rings. The number of benzene rings is 1. The summed E-state index contributed by atoms with van der Waals surface area (Å²) in [4.78, 5) is 0. The Hall–Kier alpha value is -0.820. The number of allylic oxidation sites excluding steroid dienone is 4. The van der Waals surface area contributed by atoms with Crippen molar-refractivity contribution in [3.63, 3.8) is 0 Å². The molecule has 0 heterocycles. The minimum absolute atomic E-state index is 0.162. The van der Waals surface area contributed by atoms with Gasteiger partial charge in [-0.2, -0.15) is 0 Å². The van der Waals surface area contributed by atoms with Crippen molar-refractivity contribution in [3.05, 3.63) is 54.1 Å². The van der Waals surface area contributed by atoms with Crippen LogP contribution in [-0.2, 0) is 0 Å². The van der Waals surface area contributed by atoms with Gasteiger partial charge in [-0.1, -0.05) is 97.6 Å². The predicted molar refractivity (Wildman–Crippen MR) is 93.1 cm³/mol. The number of rotatable bonds is 6. The minimum Gasteiger partial charge on any atom is -0.0801 e. The molecule has 0 amide bonds. The molecule has 0 saturated carbocycles.